The first kappa shape index (κ1) is 17.2. The van der Waals surface area contributed by atoms with E-state index in [0.29, 0.717) is 30.4 Å². The van der Waals surface area contributed by atoms with Gasteiger partial charge in [0.1, 0.15) is 5.82 Å². The molecule has 2 aromatic carbocycles. The summed E-state index contributed by atoms with van der Waals surface area (Å²) in [4.78, 5) is 20.5. The van der Waals surface area contributed by atoms with Crippen molar-refractivity contribution in [2.75, 3.05) is 30.4 Å². The van der Waals surface area contributed by atoms with E-state index < -0.39 is 0 Å². The highest BCUT2D eigenvalue weighted by atomic mass is 19.1. The van der Waals surface area contributed by atoms with Crippen molar-refractivity contribution in [3.8, 4) is 11.5 Å². The molecule has 2 heterocycles. The van der Waals surface area contributed by atoms with Gasteiger partial charge in [-0.2, -0.15) is 4.98 Å². The van der Waals surface area contributed by atoms with Gasteiger partial charge in [-0.05, 0) is 48.5 Å². The Morgan fingerprint density at radius 2 is 1.81 bits per heavy atom. The van der Waals surface area contributed by atoms with Crippen molar-refractivity contribution < 1.29 is 13.7 Å². The Morgan fingerprint density at radius 3 is 2.48 bits per heavy atom. The van der Waals surface area contributed by atoms with E-state index in [2.05, 4.69) is 10.1 Å². The fourth-order valence-electron chi connectivity index (χ4n) is 3.17. The summed E-state index contributed by atoms with van der Waals surface area (Å²) < 4.78 is 18.5. The lowest BCUT2D eigenvalue weighted by molar-refractivity contribution is -0.117. The molecule has 0 aliphatic carbocycles. The maximum Gasteiger partial charge on any atom is 0.257 e. The molecule has 0 bridgehead atoms. The summed E-state index contributed by atoms with van der Waals surface area (Å²) in [6.07, 6.45) is 0.302. The van der Waals surface area contributed by atoms with Crippen LogP contribution in [0, 0.1) is 5.82 Å². The first-order valence-corrected chi connectivity index (χ1v) is 8.68. The second kappa shape index (κ2) is 6.83. The first-order chi connectivity index (χ1) is 13.0. The Balaban J connectivity index is 1.52. The standard InChI is InChI=1S/C20H19FN4O2/c1-24(2)16-7-3-13(4-8-16)20-22-19(23-27-20)14-11-18(26)25(12-14)17-9-5-15(21)6-10-17/h3-10,14H,11-12H2,1-2H3/t14-/m0/s1. The Morgan fingerprint density at radius 1 is 1.11 bits per heavy atom. The van der Waals surface area contributed by atoms with E-state index in [4.69, 9.17) is 4.52 Å². The zero-order chi connectivity index (χ0) is 19.0. The second-order valence-electron chi connectivity index (χ2n) is 6.78. The van der Waals surface area contributed by atoms with E-state index in [-0.39, 0.29) is 17.6 Å². The van der Waals surface area contributed by atoms with E-state index in [0.717, 1.165) is 11.3 Å². The van der Waals surface area contributed by atoms with Crippen molar-refractivity contribution in [1.29, 1.82) is 0 Å². The van der Waals surface area contributed by atoms with Crippen molar-refractivity contribution in [2.45, 2.75) is 12.3 Å². The minimum absolute atomic E-state index is 0.0340. The third-order valence-corrected chi connectivity index (χ3v) is 4.70. The molecule has 138 valence electrons. The molecule has 1 aliphatic rings. The van der Waals surface area contributed by atoms with Gasteiger partial charge in [0.2, 0.25) is 5.91 Å². The van der Waals surface area contributed by atoms with Crippen molar-refractivity contribution in [3.05, 3.63) is 60.2 Å². The van der Waals surface area contributed by atoms with Gasteiger partial charge in [-0.1, -0.05) is 5.16 Å². The van der Waals surface area contributed by atoms with Crippen LogP contribution in [0.25, 0.3) is 11.5 Å². The molecule has 3 aromatic rings. The first-order valence-electron chi connectivity index (χ1n) is 8.68. The van der Waals surface area contributed by atoms with Crippen LogP contribution in [-0.4, -0.2) is 36.7 Å². The lowest BCUT2D eigenvalue weighted by atomic mass is 10.1. The molecule has 1 saturated heterocycles. The van der Waals surface area contributed by atoms with Gasteiger partial charge in [0, 0.05) is 49.9 Å². The van der Waals surface area contributed by atoms with Crippen LogP contribution in [0.15, 0.2) is 53.1 Å². The number of rotatable bonds is 4. The maximum absolute atomic E-state index is 13.1. The quantitative estimate of drug-likeness (QED) is 0.708. The van der Waals surface area contributed by atoms with Gasteiger partial charge in [0.05, 0.1) is 0 Å². The molecule has 4 rings (SSSR count). The van der Waals surface area contributed by atoms with Gasteiger partial charge in [-0.25, -0.2) is 4.39 Å². The van der Waals surface area contributed by atoms with E-state index in [9.17, 15) is 9.18 Å². The minimum Gasteiger partial charge on any atom is -0.378 e. The zero-order valence-corrected chi connectivity index (χ0v) is 15.1. The molecule has 0 radical (unpaired) electrons. The molecule has 0 unspecified atom stereocenters. The van der Waals surface area contributed by atoms with E-state index >= 15 is 0 Å². The van der Waals surface area contributed by atoms with Crippen LogP contribution < -0.4 is 9.80 Å². The van der Waals surface area contributed by atoms with Crippen molar-refractivity contribution in [2.24, 2.45) is 0 Å². The van der Waals surface area contributed by atoms with E-state index in [1.807, 2.05) is 43.3 Å². The minimum atomic E-state index is -0.329. The number of hydrogen-bond donors (Lipinski definition) is 0. The molecule has 1 amide bonds. The average Bonchev–Trinajstić information content (AvgIpc) is 3.29. The molecule has 1 aliphatic heterocycles. The lowest BCUT2D eigenvalue weighted by Gasteiger charge is -2.15. The number of benzene rings is 2. The summed E-state index contributed by atoms with van der Waals surface area (Å²) in [5.74, 6) is 0.432. The van der Waals surface area contributed by atoms with Crippen LogP contribution >= 0.6 is 0 Å². The van der Waals surface area contributed by atoms with E-state index in [1.54, 1.807) is 17.0 Å². The number of nitrogens with zero attached hydrogens (tertiary/aromatic N) is 4. The number of aromatic nitrogens is 2. The van der Waals surface area contributed by atoms with Crippen LogP contribution in [-0.2, 0) is 4.79 Å². The molecule has 7 heteroatoms. The van der Waals surface area contributed by atoms with Crippen LogP contribution in [0.2, 0.25) is 0 Å². The zero-order valence-electron chi connectivity index (χ0n) is 15.1. The van der Waals surface area contributed by atoms with Crippen molar-refractivity contribution in [1.82, 2.24) is 10.1 Å². The SMILES string of the molecule is CN(C)c1ccc(-c2nc([C@H]3CC(=O)N(c4ccc(F)cc4)C3)no2)cc1. The normalized spacial score (nSPS) is 16.8. The number of carbonyl (C=O) groups is 1. The lowest BCUT2D eigenvalue weighted by Crippen LogP contribution is -2.24. The summed E-state index contributed by atoms with van der Waals surface area (Å²) >= 11 is 0. The van der Waals surface area contributed by atoms with Crippen LogP contribution in [0.5, 0.6) is 0 Å². The van der Waals surface area contributed by atoms with Crippen LogP contribution in [0.4, 0.5) is 15.8 Å². The topological polar surface area (TPSA) is 62.5 Å². The third-order valence-electron chi connectivity index (χ3n) is 4.70. The predicted octanol–water partition coefficient (Wildman–Crippen LogP) is 3.46. The van der Waals surface area contributed by atoms with Gasteiger partial charge in [-0.15, -0.1) is 0 Å². The molecular weight excluding hydrogens is 347 g/mol. The number of amides is 1. The summed E-state index contributed by atoms with van der Waals surface area (Å²) in [6, 6.07) is 13.7. The van der Waals surface area contributed by atoms with Gasteiger partial charge in [0.25, 0.3) is 5.89 Å². The largest absolute Gasteiger partial charge is 0.378 e. The van der Waals surface area contributed by atoms with Crippen LogP contribution in [0.3, 0.4) is 0 Å². The van der Waals surface area contributed by atoms with Crippen LogP contribution in [0.1, 0.15) is 18.2 Å². The monoisotopic (exact) mass is 366 g/mol. The number of hydrogen-bond acceptors (Lipinski definition) is 5. The molecule has 0 N–H and O–H groups in total. The molecule has 0 saturated carbocycles. The van der Waals surface area contributed by atoms with E-state index in [1.165, 1.54) is 12.1 Å². The van der Waals surface area contributed by atoms with Crippen molar-refractivity contribution in [3.63, 3.8) is 0 Å². The van der Waals surface area contributed by atoms with Gasteiger partial charge in [-0.3, -0.25) is 4.79 Å². The number of carbonyl (C=O) groups excluding carboxylic acids is 1. The maximum atomic E-state index is 13.1. The highest BCUT2D eigenvalue weighted by Gasteiger charge is 2.34. The Hall–Kier alpha value is -3.22. The average molecular weight is 366 g/mol. The smallest absolute Gasteiger partial charge is 0.257 e. The fourth-order valence-corrected chi connectivity index (χ4v) is 3.17. The number of anilines is 2. The molecule has 27 heavy (non-hydrogen) atoms. The highest BCUT2D eigenvalue weighted by molar-refractivity contribution is 5.96. The molecule has 1 atom stereocenters. The highest BCUT2D eigenvalue weighted by Crippen LogP contribution is 2.31. The van der Waals surface area contributed by atoms with Crippen molar-refractivity contribution >= 4 is 17.3 Å². The Bertz CT molecular complexity index is 951. The molecule has 1 aromatic heterocycles. The fraction of sp³-hybridized carbons (Fsp3) is 0.250. The molecular formula is C20H19FN4O2. The molecule has 6 nitrogen and oxygen atoms in total. The molecule has 1 fully saturated rings. The number of halogens is 1. The van der Waals surface area contributed by atoms with Gasteiger partial charge < -0.3 is 14.3 Å². The predicted molar refractivity (Wildman–Crippen MR) is 100 cm³/mol. The van der Waals surface area contributed by atoms with Gasteiger partial charge in [0.15, 0.2) is 5.82 Å². The summed E-state index contributed by atoms with van der Waals surface area (Å²) in [7, 11) is 3.95. The second-order valence-corrected chi connectivity index (χ2v) is 6.78. The van der Waals surface area contributed by atoms with Gasteiger partial charge >= 0.3 is 0 Å². The third kappa shape index (κ3) is 3.40. The summed E-state index contributed by atoms with van der Waals surface area (Å²) in [6.45, 7) is 0.447. The molecule has 0 spiro atoms. The summed E-state index contributed by atoms with van der Waals surface area (Å²) in [5.41, 5.74) is 2.58. The summed E-state index contributed by atoms with van der Waals surface area (Å²) in [5, 5.41) is 4.07. The Kier molecular flexibility index (Phi) is 4.35. The Labute approximate surface area is 156 Å².